The van der Waals surface area contributed by atoms with Gasteiger partial charge in [-0.3, -0.25) is 9.78 Å². The third-order valence-electron chi connectivity index (χ3n) is 5.03. The summed E-state index contributed by atoms with van der Waals surface area (Å²) in [5.41, 5.74) is 2.94. The van der Waals surface area contributed by atoms with Crippen molar-refractivity contribution < 1.29 is 13.9 Å². The number of fused-ring (bicyclic) bond motifs is 2. The second-order valence-electron chi connectivity index (χ2n) is 7.83. The number of anilines is 2. The van der Waals surface area contributed by atoms with Crippen LogP contribution in [-0.4, -0.2) is 34.6 Å². The van der Waals surface area contributed by atoms with Crippen molar-refractivity contribution in [1.29, 1.82) is 0 Å². The summed E-state index contributed by atoms with van der Waals surface area (Å²) in [6.07, 6.45) is 1.90. The van der Waals surface area contributed by atoms with Crippen LogP contribution in [0.15, 0.2) is 36.5 Å². The second kappa shape index (κ2) is 6.52. The van der Waals surface area contributed by atoms with Crippen LogP contribution in [0.25, 0.3) is 11.3 Å². The molecule has 2 aliphatic rings. The van der Waals surface area contributed by atoms with E-state index in [9.17, 15) is 9.18 Å². The van der Waals surface area contributed by atoms with E-state index in [0.29, 0.717) is 30.1 Å². The average Bonchev–Trinajstić information content (AvgIpc) is 3.10. The van der Waals surface area contributed by atoms with E-state index in [2.05, 4.69) is 15.2 Å². The molecule has 0 spiro atoms. The van der Waals surface area contributed by atoms with Crippen molar-refractivity contribution in [2.75, 3.05) is 18.1 Å². The van der Waals surface area contributed by atoms with Crippen molar-refractivity contribution in [2.45, 2.75) is 25.8 Å². The number of halogens is 1. The Hall–Kier alpha value is -3.00. The molecule has 0 saturated carbocycles. The molecule has 0 saturated heterocycles. The highest BCUT2D eigenvalue weighted by Crippen LogP contribution is 2.42. The van der Waals surface area contributed by atoms with E-state index < -0.39 is 0 Å². The number of nitrogens with zero attached hydrogens (tertiary/aromatic N) is 3. The number of benzene rings is 1. The summed E-state index contributed by atoms with van der Waals surface area (Å²) in [7, 11) is 0. The number of thiazole rings is 1. The SMILES string of the molecule is CC1(C)Cc2nc(N3CCOc4ccc(-c5ccc(F)cn5)cc43)sc2C(=O)N1. The molecule has 0 aliphatic carbocycles. The van der Waals surface area contributed by atoms with Crippen LogP contribution in [0.2, 0.25) is 0 Å². The number of nitrogens with one attached hydrogen (secondary N) is 1. The quantitative estimate of drug-likeness (QED) is 0.693. The summed E-state index contributed by atoms with van der Waals surface area (Å²) < 4.78 is 19.0. The molecular weight excluding hydrogens is 391 g/mol. The van der Waals surface area contributed by atoms with Gasteiger partial charge in [-0.1, -0.05) is 11.3 Å². The number of carbonyl (C=O) groups excluding carboxylic acids is 1. The molecule has 2 aromatic heterocycles. The first-order valence-electron chi connectivity index (χ1n) is 9.38. The Bertz CT molecular complexity index is 1110. The predicted molar refractivity (Wildman–Crippen MR) is 109 cm³/mol. The van der Waals surface area contributed by atoms with Crippen molar-refractivity contribution in [3.63, 3.8) is 0 Å². The Morgan fingerprint density at radius 2 is 2.14 bits per heavy atom. The molecule has 148 valence electrons. The molecule has 0 unspecified atom stereocenters. The fourth-order valence-corrected chi connectivity index (χ4v) is 4.72. The van der Waals surface area contributed by atoms with Gasteiger partial charge in [0.1, 0.15) is 23.1 Å². The van der Waals surface area contributed by atoms with Gasteiger partial charge in [0.15, 0.2) is 5.13 Å². The summed E-state index contributed by atoms with van der Waals surface area (Å²) >= 11 is 1.40. The smallest absolute Gasteiger partial charge is 0.263 e. The predicted octanol–water partition coefficient (Wildman–Crippen LogP) is 3.94. The Balaban J connectivity index is 1.55. The van der Waals surface area contributed by atoms with Gasteiger partial charge in [0.25, 0.3) is 5.91 Å². The van der Waals surface area contributed by atoms with Gasteiger partial charge in [0, 0.05) is 17.5 Å². The highest BCUT2D eigenvalue weighted by Gasteiger charge is 2.34. The van der Waals surface area contributed by atoms with Gasteiger partial charge in [-0.05, 0) is 44.2 Å². The fourth-order valence-electron chi connectivity index (χ4n) is 3.70. The Labute approximate surface area is 171 Å². The highest BCUT2D eigenvalue weighted by molar-refractivity contribution is 7.17. The molecule has 0 radical (unpaired) electrons. The molecule has 8 heteroatoms. The van der Waals surface area contributed by atoms with Crippen LogP contribution < -0.4 is 15.0 Å². The molecule has 1 amide bonds. The van der Waals surface area contributed by atoms with Crippen LogP contribution in [0.5, 0.6) is 5.75 Å². The summed E-state index contributed by atoms with van der Waals surface area (Å²) in [6.45, 7) is 5.16. The number of pyridine rings is 1. The molecule has 0 bridgehead atoms. The molecule has 1 N–H and O–H groups in total. The lowest BCUT2D eigenvalue weighted by atomic mass is 9.94. The van der Waals surface area contributed by atoms with E-state index in [1.807, 2.05) is 32.0 Å². The normalized spacial score (nSPS) is 17.2. The maximum atomic E-state index is 13.2. The minimum absolute atomic E-state index is 0.0715. The third-order valence-corrected chi connectivity index (χ3v) is 6.15. The van der Waals surface area contributed by atoms with Crippen LogP contribution in [0.1, 0.15) is 29.2 Å². The lowest BCUT2D eigenvalue weighted by Crippen LogP contribution is -2.48. The van der Waals surface area contributed by atoms with Gasteiger partial charge in [-0.25, -0.2) is 9.37 Å². The molecule has 4 heterocycles. The fraction of sp³-hybridized carbons (Fsp3) is 0.286. The summed E-state index contributed by atoms with van der Waals surface area (Å²) in [5.74, 6) is 0.309. The topological polar surface area (TPSA) is 67.3 Å². The number of ether oxygens (including phenoxy) is 1. The molecule has 6 nitrogen and oxygen atoms in total. The minimum Gasteiger partial charge on any atom is -0.490 e. The Kier molecular flexibility index (Phi) is 4.06. The number of aromatic nitrogens is 2. The maximum Gasteiger partial charge on any atom is 0.263 e. The lowest BCUT2D eigenvalue weighted by molar-refractivity contribution is 0.0901. The average molecular weight is 410 g/mol. The molecule has 0 fully saturated rings. The van der Waals surface area contributed by atoms with E-state index >= 15 is 0 Å². The zero-order valence-electron chi connectivity index (χ0n) is 16.0. The van der Waals surface area contributed by atoms with E-state index in [1.54, 1.807) is 6.07 Å². The molecule has 2 aliphatic heterocycles. The standard InChI is InChI=1S/C21H19FN4O2S/c1-21(2)10-15-18(19(27)25-21)29-20(24-15)26-7-8-28-17-6-3-12(9-16(17)26)14-5-4-13(22)11-23-14/h3-6,9,11H,7-8,10H2,1-2H3,(H,25,27). The van der Waals surface area contributed by atoms with Crippen LogP contribution in [0, 0.1) is 5.82 Å². The van der Waals surface area contributed by atoms with Gasteiger partial charge < -0.3 is 15.0 Å². The molecule has 3 aromatic rings. The first-order valence-corrected chi connectivity index (χ1v) is 10.2. The molecule has 29 heavy (non-hydrogen) atoms. The van der Waals surface area contributed by atoms with Gasteiger partial charge in [-0.15, -0.1) is 0 Å². The van der Waals surface area contributed by atoms with Gasteiger partial charge in [-0.2, -0.15) is 0 Å². The zero-order valence-corrected chi connectivity index (χ0v) is 16.8. The number of hydrogen-bond donors (Lipinski definition) is 1. The molecular formula is C21H19FN4O2S. The van der Waals surface area contributed by atoms with E-state index in [1.165, 1.54) is 23.6 Å². The van der Waals surface area contributed by atoms with Gasteiger partial charge >= 0.3 is 0 Å². The molecule has 0 atom stereocenters. The van der Waals surface area contributed by atoms with Crippen molar-refractivity contribution in [1.82, 2.24) is 15.3 Å². The number of hydrogen-bond acceptors (Lipinski definition) is 6. The lowest BCUT2D eigenvalue weighted by Gasteiger charge is -2.29. The van der Waals surface area contributed by atoms with Gasteiger partial charge in [0.05, 0.1) is 29.8 Å². The largest absolute Gasteiger partial charge is 0.490 e. The third kappa shape index (κ3) is 3.23. The summed E-state index contributed by atoms with van der Waals surface area (Å²) in [4.78, 5) is 24.2. The van der Waals surface area contributed by atoms with Gasteiger partial charge in [0.2, 0.25) is 0 Å². The van der Waals surface area contributed by atoms with Crippen LogP contribution >= 0.6 is 11.3 Å². The summed E-state index contributed by atoms with van der Waals surface area (Å²) in [5, 5.41) is 3.81. The number of amides is 1. The molecule has 1 aromatic carbocycles. The summed E-state index contributed by atoms with van der Waals surface area (Å²) in [6, 6.07) is 8.82. The van der Waals surface area contributed by atoms with Crippen LogP contribution in [0.4, 0.5) is 15.2 Å². The van der Waals surface area contributed by atoms with Crippen molar-refractivity contribution in [3.05, 3.63) is 52.9 Å². The van der Waals surface area contributed by atoms with Crippen molar-refractivity contribution >= 4 is 28.1 Å². The maximum absolute atomic E-state index is 13.2. The monoisotopic (exact) mass is 410 g/mol. The first-order chi connectivity index (χ1) is 13.9. The van der Waals surface area contributed by atoms with E-state index in [4.69, 9.17) is 9.72 Å². The van der Waals surface area contributed by atoms with Crippen molar-refractivity contribution in [2.24, 2.45) is 0 Å². The van der Waals surface area contributed by atoms with E-state index in [0.717, 1.165) is 27.8 Å². The Morgan fingerprint density at radius 1 is 1.28 bits per heavy atom. The second-order valence-corrected chi connectivity index (χ2v) is 8.81. The number of rotatable bonds is 2. The Morgan fingerprint density at radius 3 is 2.93 bits per heavy atom. The van der Waals surface area contributed by atoms with Crippen molar-refractivity contribution in [3.8, 4) is 17.0 Å². The van der Waals surface area contributed by atoms with Crippen LogP contribution in [0.3, 0.4) is 0 Å². The first kappa shape index (κ1) is 18.1. The highest BCUT2D eigenvalue weighted by atomic mass is 32.1. The minimum atomic E-state index is -0.369. The van der Waals surface area contributed by atoms with E-state index in [-0.39, 0.29) is 17.3 Å². The number of carbonyl (C=O) groups is 1. The van der Waals surface area contributed by atoms with Crippen LogP contribution in [-0.2, 0) is 6.42 Å². The molecule has 5 rings (SSSR count). The zero-order chi connectivity index (χ0) is 20.2.